The number of anilines is 3. The maximum absolute atomic E-state index is 2.54. The van der Waals surface area contributed by atoms with Crippen LogP contribution in [0.5, 0.6) is 0 Å². The molecule has 320 valence electrons. The molecule has 1 heterocycles. The van der Waals surface area contributed by atoms with Crippen LogP contribution < -0.4 is 4.90 Å². The van der Waals surface area contributed by atoms with E-state index in [1.165, 1.54) is 124 Å². The van der Waals surface area contributed by atoms with Crippen molar-refractivity contribution in [1.29, 1.82) is 0 Å². The number of rotatable bonds is 8. The Morgan fingerprint density at radius 2 is 1.00 bits per heavy atom. The molecule has 13 rings (SSSR count). The fourth-order valence-electron chi connectivity index (χ4n) is 12.0. The monoisotopic (exact) mass is 875 g/mol. The zero-order valence-electron chi connectivity index (χ0n) is 37.4. The molecular weight excluding hydrogens is 827 g/mol. The summed E-state index contributed by atoms with van der Waals surface area (Å²) in [6.07, 6.45) is 6.44. The lowest BCUT2D eigenvalue weighted by Gasteiger charge is -2.35. The highest BCUT2D eigenvalue weighted by molar-refractivity contribution is 7.25. The predicted octanol–water partition coefficient (Wildman–Crippen LogP) is 18.4. The van der Waals surface area contributed by atoms with Crippen LogP contribution in [0.4, 0.5) is 17.1 Å². The van der Waals surface area contributed by atoms with Gasteiger partial charge in [0.1, 0.15) is 0 Å². The zero-order chi connectivity index (χ0) is 44.3. The third-order valence-corrected chi connectivity index (χ3v) is 16.1. The molecular formula is C65H49NS. The van der Waals surface area contributed by atoms with Gasteiger partial charge in [-0.05, 0) is 139 Å². The molecule has 0 saturated heterocycles. The second-order valence-corrected chi connectivity index (χ2v) is 19.6. The van der Waals surface area contributed by atoms with Gasteiger partial charge in [-0.25, -0.2) is 0 Å². The van der Waals surface area contributed by atoms with E-state index < -0.39 is 5.41 Å². The molecule has 2 aliphatic rings. The summed E-state index contributed by atoms with van der Waals surface area (Å²) in [7, 11) is 0. The average Bonchev–Trinajstić information content (AvgIpc) is 3.93. The molecule has 1 fully saturated rings. The minimum atomic E-state index is -0.513. The van der Waals surface area contributed by atoms with Crippen molar-refractivity contribution in [3.8, 4) is 33.4 Å². The first-order valence-corrected chi connectivity index (χ1v) is 24.8. The quantitative estimate of drug-likeness (QED) is 0.147. The molecule has 0 amide bonds. The van der Waals surface area contributed by atoms with E-state index in [2.05, 4.69) is 235 Å². The summed E-state index contributed by atoms with van der Waals surface area (Å²) >= 11 is 1.87. The van der Waals surface area contributed by atoms with Gasteiger partial charge in [-0.1, -0.05) is 201 Å². The SMILES string of the molecule is c1ccc(-c2c(-c3ccc(N(c4ccc5c(c4)C(c4ccccc4)(c4ccccc4)c4cccc(C6CCCCC6)c4-5)c4ccc5sc6ccccc6c5c4)cc3)ccc3ccccc23)cc1. The Labute approximate surface area is 397 Å². The summed E-state index contributed by atoms with van der Waals surface area (Å²) in [5, 5.41) is 5.10. The van der Waals surface area contributed by atoms with Crippen LogP contribution in [0, 0.1) is 0 Å². The molecule has 10 aromatic carbocycles. The highest BCUT2D eigenvalue weighted by Gasteiger charge is 2.47. The highest BCUT2D eigenvalue weighted by Crippen LogP contribution is 2.59. The summed E-state index contributed by atoms with van der Waals surface area (Å²) in [4.78, 5) is 2.50. The normalized spacial score (nSPS) is 14.3. The van der Waals surface area contributed by atoms with Crippen molar-refractivity contribution >= 4 is 59.3 Å². The number of thiophene rings is 1. The maximum Gasteiger partial charge on any atom is 0.0714 e. The molecule has 67 heavy (non-hydrogen) atoms. The zero-order valence-corrected chi connectivity index (χ0v) is 38.2. The van der Waals surface area contributed by atoms with Gasteiger partial charge in [-0.2, -0.15) is 0 Å². The Balaban J connectivity index is 1.04. The second-order valence-electron chi connectivity index (χ2n) is 18.6. The molecule has 0 unspecified atom stereocenters. The highest BCUT2D eigenvalue weighted by atomic mass is 32.1. The molecule has 0 spiro atoms. The van der Waals surface area contributed by atoms with Crippen LogP contribution in [-0.2, 0) is 5.41 Å². The van der Waals surface area contributed by atoms with E-state index >= 15 is 0 Å². The lowest BCUT2D eigenvalue weighted by molar-refractivity contribution is 0.444. The molecule has 0 radical (unpaired) electrons. The molecule has 1 saturated carbocycles. The van der Waals surface area contributed by atoms with Crippen molar-refractivity contribution in [1.82, 2.24) is 0 Å². The van der Waals surface area contributed by atoms with Crippen LogP contribution in [0.1, 0.15) is 65.8 Å². The first-order chi connectivity index (χ1) is 33.2. The number of benzene rings is 10. The van der Waals surface area contributed by atoms with Gasteiger partial charge in [0.05, 0.1) is 5.41 Å². The second kappa shape index (κ2) is 16.4. The third kappa shape index (κ3) is 6.49. The molecule has 0 bridgehead atoms. The fourth-order valence-corrected chi connectivity index (χ4v) is 13.1. The van der Waals surface area contributed by atoms with E-state index in [-0.39, 0.29) is 0 Å². The van der Waals surface area contributed by atoms with Gasteiger partial charge >= 0.3 is 0 Å². The lowest BCUT2D eigenvalue weighted by atomic mass is 9.67. The first-order valence-electron chi connectivity index (χ1n) is 24.0. The Morgan fingerprint density at radius 1 is 0.388 bits per heavy atom. The molecule has 1 aromatic heterocycles. The summed E-state index contributed by atoms with van der Waals surface area (Å²) in [5.74, 6) is 0.561. The molecule has 2 heteroatoms. The van der Waals surface area contributed by atoms with Crippen molar-refractivity contribution in [3.05, 3.63) is 258 Å². The number of hydrogen-bond acceptors (Lipinski definition) is 2. The van der Waals surface area contributed by atoms with Crippen LogP contribution >= 0.6 is 11.3 Å². The predicted molar refractivity (Wildman–Crippen MR) is 286 cm³/mol. The van der Waals surface area contributed by atoms with Gasteiger partial charge in [-0.15, -0.1) is 11.3 Å². The van der Waals surface area contributed by atoms with Gasteiger partial charge in [0.25, 0.3) is 0 Å². The van der Waals surface area contributed by atoms with Crippen molar-refractivity contribution in [3.63, 3.8) is 0 Å². The number of nitrogens with zero attached hydrogens (tertiary/aromatic N) is 1. The van der Waals surface area contributed by atoms with Crippen LogP contribution in [0.15, 0.2) is 231 Å². The van der Waals surface area contributed by atoms with Crippen molar-refractivity contribution < 1.29 is 0 Å². The molecule has 0 N–H and O–H groups in total. The summed E-state index contributed by atoms with van der Waals surface area (Å²) in [6, 6.07) is 86.7. The molecule has 0 aliphatic heterocycles. The molecule has 11 aromatic rings. The Hall–Kier alpha value is -7.52. The maximum atomic E-state index is 2.54. The van der Waals surface area contributed by atoms with Gasteiger partial charge in [0.15, 0.2) is 0 Å². The summed E-state index contributed by atoms with van der Waals surface area (Å²) in [6.45, 7) is 0. The standard InChI is InChI=1S/C65H49NS/c1-5-18-44(19-6-1)54-29-17-30-59-64(54)57-40-37-52(43-60(57)65(59,48-23-9-3-10-24-48)49-25-11-4-12-26-49)66(51-38-41-62-58(42-51)56-28-15-16-31-61(56)67-62)50-35-32-46(33-36-50)55-39-34-45-20-13-14-27-53(45)63(55)47-21-7-2-8-22-47/h2-4,7-17,20-44H,1,5-6,18-19H2. The number of fused-ring (bicyclic) bond motifs is 7. The van der Waals surface area contributed by atoms with Crippen LogP contribution in [0.25, 0.3) is 64.3 Å². The molecule has 1 nitrogen and oxygen atoms in total. The van der Waals surface area contributed by atoms with E-state index in [0.717, 1.165) is 17.1 Å². The van der Waals surface area contributed by atoms with Crippen molar-refractivity contribution in [2.75, 3.05) is 4.90 Å². The Bertz CT molecular complexity index is 3560. The Morgan fingerprint density at radius 3 is 1.76 bits per heavy atom. The van der Waals surface area contributed by atoms with Crippen LogP contribution in [0.2, 0.25) is 0 Å². The summed E-state index contributed by atoms with van der Waals surface area (Å²) in [5.41, 5.74) is 17.4. The van der Waals surface area contributed by atoms with E-state index in [1.54, 1.807) is 0 Å². The van der Waals surface area contributed by atoms with E-state index in [1.807, 2.05) is 11.3 Å². The van der Waals surface area contributed by atoms with E-state index in [9.17, 15) is 0 Å². The topological polar surface area (TPSA) is 3.24 Å². The average molecular weight is 876 g/mol. The lowest BCUT2D eigenvalue weighted by Crippen LogP contribution is -2.29. The van der Waals surface area contributed by atoms with Crippen LogP contribution in [0.3, 0.4) is 0 Å². The fraction of sp³-hybridized carbons (Fsp3) is 0.108. The van der Waals surface area contributed by atoms with E-state index in [4.69, 9.17) is 0 Å². The smallest absolute Gasteiger partial charge is 0.0714 e. The third-order valence-electron chi connectivity index (χ3n) is 14.9. The molecule has 0 atom stereocenters. The molecule has 2 aliphatic carbocycles. The minimum Gasteiger partial charge on any atom is -0.310 e. The van der Waals surface area contributed by atoms with E-state index in [0.29, 0.717) is 5.92 Å². The number of hydrogen-bond donors (Lipinski definition) is 0. The van der Waals surface area contributed by atoms with Crippen LogP contribution in [-0.4, -0.2) is 0 Å². The van der Waals surface area contributed by atoms with Gasteiger partial charge < -0.3 is 4.90 Å². The van der Waals surface area contributed by atoms with Gasteiger partial charge in [-0.3, -0.25) is 0 Å². The van der Waals surface area contributed by atoms with Crippen molar-refractivity contribution in [2.45, 2.75) is 43.4 Å². The van der Waals surface area contributed by atoms with Gasteiger partial charge in [0, 0.05) is 37.2 Å². The summed E-state index contributed by atoms with van der Waals surface area (Å²) < 4.78 is 2.62. The first kappa shape index (κ1) is 39.8. The van der Waals surface area contributed by atoms with Crippen molar-refractivity contribution in [2.24, 2.45) is 0 Å². The Kier molecular flexibility index (Phi) is 9.76. The minimum absolute atomic E-state index is 0.513. The van der Waals surface area contributed by atoms with Gasteiger partial charge in [0.2, 0.25) is 0 Å². The largest absolute Gasteiger partial charge is 0.310 e.